The molecule has 3 N–H and O–H groups in total. The van der Waals surface area contributed by atoms with Gasteiger partial charge < -0.3 is 25.0 Å². The third-order valence-corrected chi connectivity index (χ3v) is 5.60. The molecule has 27 heavy (non-hydrogen) atoms. The second kappa shape index (κ2) is 6.74. The van der Waals surface area contributed by atoms with Crippen LogP contribution in [0, 0.1) is 0 Å². The minimum absolute atomic E-state index is 0.405. The first-order chi connectivity index (χ1) is 13.0. The van der Waals surface area contributed by atoms with Crippen molar-refractivity contribution in [3.05, 3.63) is 45.2 Å². The highest BCUT2D eigenvalue weighted by Crippen LogP contribution is 2.37. The fourth-order valence-electron chi connectivity index (χ4n) is 4.05. The van der Waals surface area contributed by atoms with Gasteiger partial charge in [-0.3, -0.25) is 4.79 Å². The molecule has 1 saturated heterocycles. The number of carboxylic acid groups (broad SMARTS) is 1. The van der Waals surface area contributed by atoms with Crippen LogP contribution in [0.3, 0.4) is 0 Å². The van der Waals surface area contributed by atoms with Gasteiger partial charge in [0, 0.05) is 43.0 Å². The number of nitrogens with one attached hydrogen (secondary N) is 1. The Morgan fingerprint density at radius 3 is 2.59 bits per heavy atom. The summed E-state index contributed by atoms with van der Waals surface area (Å²) < 4.78 is 0. The number of hydrogen-bond acceptors (Lipinski definition) is 5. The molecule has 7 heteroatoms. The number of aromatic nitrogens is 1. The van der Waals surface area contributed by atoms with Crippen LogP contribution in [0.2, 0.25) is 0 Å². The Labute approximate surface area is 156 Å². The molecule has 0 bridgehead atoms. The second-order valence-corrected chi connectivity index (χ2v) is 7.32. The van der Waals surface area contributed by atoms with Crippen LogP contribution in [-0.4, -0.2) is 59.3 Å². The molecule has 7 nitrogen and oxygen atoms in total. The summed E-state index contributed by atoms with van der Waals surface area (Å²) >= 11 is 0. The Hall–Kier alpha value is -2.80. The van der Waals surface area contributed by atoms with Crippen molar-refractivity contribution in [1.82, 2.24) is 9.88 Å². The zero-order valence-corrected chi connectivity index (χ0v) is 15.3. The van der Waals surface area contributed by atoms with Crippen LogP contribution < -0.4 is 10.5 Å². The van der Waals surface area contributed by atoms with Gasteiger partial charge in [0.25, 0.3) is 5.56 Å². The van der Waals surface area contributed by atoms with Crippen LogP contribution in [0.1, 0.15) is 27.9 Å². The Morgan fingerprint density at radius 1 is 1.15 bits per heavy atom. The number of aryl methyl sites for hydroxylation is 1. The number of nitrogens with zero attached hydrogens (tertiary/aromatic N) is 2. The lowest BCUT2D eigenvalue weighted by Gasteiger charge is -2.34. The Balaban J connectivity index is 1.78. The van der Waals surface area contributed by atoms with Crippen LogP contribution in [0.5, 0.6) is 5.75 Å². The molecular formula is C20H23N3O4. The van der Waals surface area contributed by atoms with Gasteiger partial charge in [0.2, 0.25) is 0 Å². The summed E-state index contributed by atoms with van der Waals surface area (Å²) in [5.41, 5.74) is 2.85. The first-order valence-electron chi connectivity index (χ1n) is 9.24. The van der Waals surface area contributed by atoms with Gasteiger partial charge in [0.05, 0.1) is 5.69 Å². The summed E-state index contributed by atoms with van der Waals surface area (Å²) in [5.74, 6) is -1.82. The van der Waals surface area contributed by atoms with E-state index in [0.717, 1.165) is 50.1 Å². The van der Waals surface area contributed by atoms with Crippen molar-refractivity contribution in [2.24, 2.45) is 0 Å². The monoisotopic (exact) mass is 369 g/mol. The normalized spacial score (nSPS) is 17.1. The number of anilines is 1. The van der Waals surface area contributed by atoms with Gasteiger partial charge in [0.1, 0.15) is 5.75 Å². The van der Waals surface area contributed by atoms with Gasteiger partial charge in [-0.2, -0.15) is 0 Å². The van der Waals surface area contributed by atoms with Gasteiger partial charge in [-0.25, -0.2) is 4.79 Å². The zero-order chi connectivity index (χ0) is 19.1. The minimum atomic E-state index is -1.41. The molecule has 4 rings (SSSR count). The van der Waals surface area contributed by atoms with E-state index in [1.54, 1.807) is 0 Å². The highest BCUT2D eigenvalue weighted by Gasteiger charge is 2.26. The van der Waals surface area contributed by atoms with Crippen LogP contribution in [0.25, 0.3) is 11.3 Å². The molecule has 0 atom stereocenters. The number of rotatable bonds is 2. The van der Waals surface area contributed by atoms with E-state index in [4.69, 9.17) is 0 Å². The maximum absolute atomic E-state index is 12.2. The number of hydrogen-bond donors (Lipinski definition) is 3. The van der Waals surface area contributed by atoms with Crippen LogP contribution in [0.15, 0.2) is 23.0 Å². The molecular weight excluding hydrogens is 346 g/mol. The van der Waals surface area contributed by atoms with E-state index < -0.39 is 22.8 Å². The number of aromatic carboxylic acids is 1. The van der Waals surface area contributed by atoms with E-state index >= 15 is 0 Å². The van der Waals surface area contributed by atoms with Gasteiger partial charge in [0.15, 0.2) is 5.56 Å². The number of aromatic hydroxyl groups is 1. The first-order valence-corrected chi connectivity index (χ1v) is 9.24. The highest BCUT2D eigenvalue weighted by molar-refractivity contribution is 5.92. The molecule has 1 aliphatic heterocycles. The number of aromatic amines is 1. The van der Waals surface area contributed by atoms with E-state index in [9.17, 15) is 19.8 Å². The number of H-pyrrole nitrogens is 1. The third-order valence-electron chi connectivity index (χ3n) is 5.60. The average molecular weight is 369 g/mol. The average Bonchev–Trinajstić information content (AvgIpc) is 2.81. The van der Waals surface area contributed by atoms with E-state index in [1.165, 1.54) is 5.69 Å². The molecule has 1 aromatic carbocycles. The predicted octanol–water partition coefficient (Wildman–Crippen LogP) is 1.69. The number of piperazine rings is 1. The summed E-state index contributed by atoms with van der Waals surface area (Å²) in [4.78, 5) is 30.9. The van der Waals surface area contributed by atoms with Gasteiger partial charge in [-0.05, 0) is 44.0 Å². The van der Waals surface area contributed by atoms with Crippen molar-refractivity contribution >= 4 is 11.7 Å². The van der Waals surface area contributed by atoms with Crippen LogP contribution in [-0.2, 0) is 12.8 Å². The van der Waals surface area contributed by atoms with Crippen molar-refractivity contribution in [2.45, 2.75) is 19.3 Å². The summed E-state index contributed by atoms with van der Waals surface area (Å²) in [6, 6.07) is 6.18. The quantitative estimate of drug-likeness (QED) is 0.745. The van der Waals surface area contributed by atoms with Crippen molar-refractivity contribution in [1.29, 1.82) is 0 Å². The number of fused-ring (bicyclic) bond motifs is 3. The Morgan fingerprint density at radius 2 is 1.89 bits per heavy atom. The maximum Gasteiger partial charge on any atom is 0.345 e. The molecule has 142 valence electrons. The molecule has 0 spiro atoms. The molecule has 1 fully saturated rings. The summed E-state index contributed by atoms with van der Waals surface area (Å²) in [7, 11) is 2.12. The topological polar surface area (TPSA) is 96.9 Å². The Kier molecular flexibility index (Phi) is 4.39. The largest absolute Gasteiger partial charge is 0.506 e. The molecule has 1 aromatic heterocycles. The second-order valence-electron chi connectivity index (χ2n) is 7.32. The summed E-state index contributed by atoms with van der Waals surface area (Å²) in [6.07, 6.45) is 2.12. The van der Waals surface area contributed by atoms with Crippen molar-refractivity contribution in [2.75, 3.05) is 38.1 Å². The number of pyridine rings is 1. The first kappa shape index (κ1) is 17.6. The minimum Gasteiger partial charge on any atom is -0.506 e. The summed E-state index contributed by atoms with van der Waals surface area (Å²) in [6.45, 7) is 4.01. The zero-order valence-electron chi connectivity index (χ0n) is 15.3. The predicted molar refractivity (Wildman–Crippen MR) is 103 cm³/mol. The number of carboxylic acids is 1. The van der Waals surface area contributed by atoms with Gasteiger partial charge in [-0.15, -0.1) is 0 Å². The Bertz CT molecular complexity index is 958. The number of carbonyl (C=O) groups is 1. The molecule has 0 unspecified atom stereocenters. The standard InChI is InChI=1S/C20H23N3O4/c1-22-7-9-23(10-8-22)13-5-6-14-12(11-13)3-2-4-15-17(14)21-19(25)16(18(15)24)20(26)27/h5-6,11H,2-4,7-10H2,1H3,(H,26,27)(H2,21,24,25). The van der Waals surface area contributed by atoms with E-state index in [0.29, 0.717) is 17.7 Å². The molecule has 0 radical (unpaired) electrons. The van der Waals surface area contributed by atoms with Crippen LogP contribution in [0.4, 0.5) is 5.69 Å². The lowest BCUT2D eigenvalue weighted by Crippen LogP contribution is -2.44. The van der Waals surface area contributed by atoms with Crippen molar-refractivity contribution < 1.29 is 15.0 Å². The van der Waals surface area contributed by atoms with Gasteiger partial charge in [-0.1, -0.05) is 6.07 Å². The number of likely N-dealkylation sites (N-methyl/N-ethyl adjacent to an activating group) is 1. The fraction of sp³-hybridized carbons (Fsp3) is 0.400. The fourth-order valence-corrected chi connectivity index (χ4v) is 4.05. The van der Waals surface area contributed by atoms with Crippen molar-refractivity contribution in [3.63, 3.8) is 0 Å². The third kappa shape index (κ3) is 3.08. The molecule has 2 heterocycles. The van der Waals surface area contributed by atoms with Crippen molar-refractivity contribution in [3.8, 4) is 17.0 Å². The van der Waals surface area contributed by atoms with E-state index in [1.807, 2.05) is 12.1 Å². The molecule has 2 aliphatic rings. The van der Waals surface area contributed by atoms with Crippen LogP contribution >= 0.6 is 0 Å². The lowest BCUT2D eigenvalue weighted by molar-refractivity contribution is 0.0691. The molecule has 2 aromatic rings. The maximum atomic E-state index is 12.2. The molecule has 0 amide bonds. The van der Waals surface area contributed by atoms with E-state index in [2.05, 4.69) is 27.9 Å². The van der Waals surface area contributed by atoms with Gasteiger partial charge >= 0.3 is 5.97 Å². The molecule has 0 saturated carbocycles. The van der Waals surface area contributed by atoms with E-state index in [-0.39, 0.29) is 0 Å². The summed E-state index contributed by atoms with van der Waals surface area (Å²) in [5, 5.41) is 19.6. The smallest absolute Gasteiger partial charge is 0.345 e. The molecule has 1 aliphatic carbocycles. The highest BCUT2D eigenvalue weighted by atomic mass is 16.4. The number of benzene rings is 1. The lowest BCUT2D eigenvalue weighted by atomic mass is 9.99. The SMILES string of the molecule is CN1CCN(c2ccc3c(c2)CCCc2c-3[nH]c(=O)c(C(=O)O)c2O)CC1.